The molecule has 0 saturated carbocycles. The van der Waals surface area contributed by atoms with Crippen molar-refractivity contribution in [2.45, 2.75) is 25.8 Å². The number of carbonyl (C=O) groups is 2. The lowest BCUT2D eigenvalue weighted by Crippen LogP contribution is -2.43. The van der Waals surface area contributed by atoms with Crippen LogP contribution in [-0.2, 0) is 14.3 Å². The SMILES string of the molecule is CC(NC(=O)C1CCOCC1)C(=O)O. The Morgan fingerprint density at radius 3 is 2.50 bits per heavy atom. The Kier molecular flexibility index (Phi) is 3.88. The molecule has 5 nitrogen and oxygen atoms in total. The van der Waals surface area contributed by atoms with Crippen LogP contribution in [0.15, 0.2) is 0 Å². The Morgan fingerprint density at radius 2 is 2.00 bits per heavy atom. The fraction of sp³-hybridized carbons (Fsp3) is 0.778. The van der Waals surface area contributed by atoms with E-state index in [1.54, 1.807) is 0 Å². The van der Waals surface area contributed by atoms with Gasteiger partial charge in [-0.3, -0.25) is 9.59 Å². The van der Waals surface area contributed by atoms with Crippen molar-refractivity contribution >= 4 is 11.9 Å². The first-order valence-corrected chi connectivity index (χ1v) is 4.72. The third-order valence-electron chi connectivity index (χ3n) is 2.32. The summed E-state index contributed by atoms with van der Waals surface area (Å²) in [6.07, 6.45) is 1.36. The molecule has 1 aliphatic rings. The first-order valence-electron chi connectivity index (χ1n) is 4.72. The fourth-order valence-corrected chi connectivity index (χ4v) is 1.35. The second-order valence-electron chi connectivity index (χ2n) is 3.46. The van der Waals surface area contributed by atoms with Gasteiger partial charge in [0, 0.05) is 19.1 Å². The van der Waals surface area contributed by atoms with Gasteiger partial charge >= 0.3 is 5.97 Å². The van der Waals surface area contributed by atoms with Crippen molar-refractivity contribution in [3.05, 3.63) is 0 Å². The van der Waals surface area contributed by atoms with Crippen molar-refractivity contribution in [1.82, 2.24) is 5.32 Å². The summed E-state index contributed by atoms with van der Waals surface area (Å²) in [5.74, 6) is -1.28. The molecule has 1 aliphatic heterocycles. The van der Waals surface area contributed by atoms with Gasteiger partial charge in [-0.25, -0.2) is 0 Å². The average molecular weight is 201 g/mol. The van der Waals surface area contributed by atoms with Crippen molar-refractivity contribution in [3.8, 4) is 0 Å². The molecule has 5 heteroatoms. The highest BCUT2D eigenvalue weighted by atomic mass is 16.5. The molecule has 80 valence electrons. The Bertz CT molecular complexity index is 223. The molecule has 0 bridgehead atoms. The van der Waals surface area contributed by atoms with Gasteiger partial charge in [-0.2, -0.15) is 0 Å². The molecule has 1 amide bonds. The number of hydrogen-bond donors (Lipinski definition) is 2. The molecule has 0 spiro atoms. The van der Waals surface area contributed by atoms with Gasteiger partial charge in [-0.15, -0.1) is 0 Å². The monoisotopic (exact) mass is 201 g/mol. The minimum Gasteiger partial charge on any atom is -0.480 e. The van der Waals surface area contributed by atoms with Crippen molar-refractivity contribution in [3.63, 3.8) is 0 Å². The Balaban J connectivity index is 2.36. The molecule has 2 N–H and O–H groups in total. The van der Waals surface area contributed by atoms with E-state index in [0.29, 0.717) is 26.1 Å². The van der Waals surface area contributed by atoms with E-state index in [0.717, 1.165) is 0 Å². The summed E-state index contributed by atoms with van der Waals surface area (Å²) in [5, 5.41) is 11.0. The number of nitrogens with one attached hydrogen (secondary N) is 1. The molecule has 1 rings (SSSR count). The highest BCUT2D eigenvalue weighted by Gasteiger charge is 2.24. The van der Waals surface area contributed by atoms with E-state index in [1.165, 1.54) is 6.92 Å². The smallest absolute Gasteiger partial charge is 0.325 e. The van der Waals surface area contributed by atoms with Gasteiger partial charge in [-0.05, 0) is 19.8 Å². The summed E-state index contributed by atoms with van der Waals surface area (Å²) in [6.45, 7) is 2.62. The van der Waals surface area contributed by atoms with Gasteiger partial charge < -0.3 is 15.2 Å². The second kappa shape index (κ2) is 4.95. The first-order chi connectivity index (χ1) is 6.61. The van der Waals surface area contributed by atoms with Crippen LogP contribution >= 0.6 is 0 Å². The summed E-state index contributed by atoms with van der Waals surface area (Å²) >= 11 is 0. The highest BCUT2D eigenvalue weighted by Crippen LogP contribution is 2.14. The van der Waals surface area contributed by atoms with Crippen LogP contribution in [0, 0.1) is 5.92 Å². The summed E-state index contributed by atoms with van der Waals surface area (Å²) in [6, 6.07) is -0.814. The summed E-state index contributed by atoms with van der Waals surface area (Å²) in [4.78, 5) is 22.0. The predicted octanol–water partition coefficient (Wildman–Crippen LogP) is 0.00230. The molecule has 14 heavy (non-hydrogen) atoms. The first kappa shape index (κ1) is 11.0. The quantitative estimate of drug-likeness (QED) is 0.674. The number of ether oxygens (including phenoxy) is 1. The van der Waals surface area contributed by atoms with Crippen LogP contribution < -0.4 is 5.32 Å². The molecular formula is C9H15NO4. The maximum atomic E-state index is 11.5. The Morgan fingerprint density at radius 1 is 1.43 bits per heavy atom. The zero-order valence-electron chi connectivity index (χ0n) is 8.16. The Hall–Kier alpha value is -1.10. The third kappa shape index (κ3) is 2.99. The van der Waals surface area contributed by atoms with Crippen molar-refractivity contribution in [2.24, 2.45) is 5.92 Å². The van der Waals surface area contributed by atoms with Crippen LogP contribution in [0.4, 0.5) is 0 Å². The van der Waals surface area contributed by atoms with E-state index in [2.05, 4.69) is 5.32 Å². The van der Waals surface area contributed by atoms with E-state index < -0.39 is 12.0 Å². The zero-order valence-corrected chi connectivity index (χ0v) is 8.16. The predicted molar refractivity (Wildman–Crippen MR) is 48.8 cm³/mol. The third-order valence-corrected chi connectivity index (χ3v) is 2.32. The van der Waals surface area contributed by atoms with E-state index in [9.17, 15) is 9.59 Å². The van der Waals surface area contributed by atoms with Crippen LogP contribution in [0.3, 0.4) is 0 Å². The fourth-order valence-electron chi connectivity index (χ4n) is 1.35. The topological polar surface area (TPSA) is 75.6 Å². The molecule has 0 aromatic heterocycles. The lowest BCUT2D eigenvalue weighted by atomic mass is 9.99. The molecule has 1 fully saturated rings. The van der Waals surface area contributed by atoms with E-state index in [-0.39, 0.29) is 11.8 Å². The number of hydrogen-bond acceptors (Lipinski definition) is 3. The lowest BCUT2D eigenvalue weighted by Gasteiger charge is -2.22. The minimum absolute atomic E-state index is 0.0921. The number of carboxylic acids is 1. The highest BCUT2D eigenvalue weighted by molar-refractivity contribution is 5.84. The van der Waals surface area contributed by atoms with Gasteiger partial charge in [0.25, 0.3) is 0 Å². The molecule has 0 aliphatic carbocycles. The van der Waals surface area contributed by atoms with Gasteiger partial charge in [0.15, 0.2) is 0 Å². The van der Waals surface area contributed by atoms with E-state index in [1.807, 2.05) is 0 Å². The molecule has 1 heterocycles. The minimum atomic E-state index is -1.01. The summed E-state index contributed by atoms with van der Waals surface area (Å²) < 4.78 is 5.11. The van der Waals surface area contributed by atoms with Crippen molar-refractivity contribution in [1.29, 1.82) is 0 Å². The maximum Gasteiger partial charge on any atom is 0.325 e. The van der Waals surface area contributed by atoms with E-state index in [4.69, 9.17) is 9.84 Å². The van der Waals surface area contributed by atoms with Crippen LogP contribution in [-0.4, -0.2) is 36.2 Å². The molecule has 1 atom stereocenters. The molecule has 0 aromatic rings. The number of rotatable bonds is 3. The van der Waals surface area contributed by atoms with Crippen LogP contribution in [0.25, 0.3) is 0 Å². The lowest BCUT2D eigenvalue weighted by molar-refractivity contribution is -0.142. The van der Waals surface area contributed by atoms with Crippen LogP contribution in [0.2, 0.25) is 0 Å². The molecule has 1 saturated heterocycles. The van der Waals surface area contributed by atoms with Gasteiger partial charge in [0.2, 0.25) is 5.91 Å². The Labute approximate surface area is 82.4 Å². The maximum absolute atomic E-state index is 11.5. The largest absolute Gasteiger partial charge is 0.480 e. The molecular weight excluding hydrogens is 186 g/mol. The number of carboxylic acid groups (broad SMARTS) is 1. The normalized spacial score (nSPS) is 20.1. The number of aliphatic carboxylic acids is 1. The van der Waals surface area contributed by atoms with E-state index >= 15 is 0 Å². The standard InChI is InChI=1S/C9H15NO4/c1-6(9(12)13)10-8(11)7-2-4-14-5-3-7/h6-7H,2-5H2,1H3,(H,10,11)(H,12,13). The van der Waals surface area contributed by atoms with Crippen molar-refractivity contribution < 1.29 is 19.4 Å². The van der Waals surface area contributed by atoms with Gasteiger partial charge in [0.05, 0.1) is 0 Å². The van der Waals surface area contributed by atoms with Crippen molar-refractivity contribution in [2.75, 3.05) is 13.2 Å². The molecule has 0 radical (unpaired) electrons. The second-order valence-corrected chi connectivity index (χ2v) is 3.46. The average Bonchev–Trinajstić information content (AvgIpc) is 2.19. The molecule has 1 unspecified atom stereocenters. The zero-order chi connectivity index (χ0) is 10.6. The van der Waals surface area contributed by atoms with Crippen LogP contribution in [0.1, 0.15) is 19.8 Å². The number of amides is 1. The molecule has 0 aromatic carbocycles. The number of carbonyl (C=O) groups excluding carboxylic acids is 1. The van der Waals surface area contributed by atoms with Crippen LogP contribution in [0.5, 0.6) is 0 Å². The summed E-state index contributed by atoms with van der Waals surface area (Å²) in [5.41, 5.74) is 0. The van der Waals surface area contributed by atoms with Gasteiger partial charge in [-0.1, -0.05) is 0 Å². The summed E-state index contributed by atoms with van der Waals surface area (Å²) in [7, 11) is 0. The van der Waals surface area contributed by atoms with Gasteiger partial charge in [0.1, 0.15) is 6.04 Å².